The molecule has 8 heteroatoms. The molecule has 3 aromatic rings. The van der Waals surface area contributed by atoms with E-state index in [0.29, 0.717) is 36.8 Å². The van der Waals surface area contributed by atoms with Crippen molar-refractivity contribution in [1.29, 1.82) is 0 Å². The van der Waals surface area contributed by atoms with E-state index < -0.39 is 16.1 Å². The second-order valence-corrected chi connectivity index (χ2v) is 11.5. The Morgan fingerprint density at radius 1 is 1.03 bits per heavy atom. The van der Waals surface area contributed by atoms with Gasteiger partial charge in [0.2, 0.25) is 0 Å². The summed E-state index contributed by atoms with van der Waals surface area (Å²) < 4.78 is 33.9. The number of carbonyl (C=O) groups excluding carboxylic acids is 1. The Labute approximate surface area is 197 Å². The van der Waals surface area contributed by atoms with Crippen molar-refractivity contribution in [2.75, 3.05) is 6.54 Å². The molecule has 1 aliphatic heterocycles. The molecule has 5 nitrogen and oxygen atoms in total. The third-order valence-corrected chi connectivity index (χ3v) is 9.19. The fraction of sp³-hybridized carbons (Fsp3) is 0.292. The maximum atomic E-state index is 13.0. The zero-order chi connectivity index (χ0) is 22.6. The summed E-state index contributed by atoms with van der Waals surface area (Å²) in [6.45, 7) is 0.771. The zero-order valence-electron chi connectivity index (χ0n) is 17.4. The molecule has 2 heterocycles. The molecule has 0 radical (unpaired) electrons. The van der Waals surface area contributed by atoms with Crippen LogP contribution in [0, 0.1) is 0 Å². The quantitative estimate of drug-likeness (QED) is 0.407. The van der Waals surface area contributed by atoms with E-state index in [4.69, 9.17) is 16.3 Å². The van der Waals surface area contributed by atoms with Crippen LogP contribution >= 0.6 is 22.9 Å². The lowest BCUT2D eigenvalue weighted by Gasteiger charge is -2.22. The van der Waals surface area contributed by atoms with E-state index in [2.05, 4.69) is 0 Å². The first-order chi connectivity index (χ1) is 15.4. The lowest BCUT2D eigenvalue weighted by atomic mass is 9.99. The third kappa shape index (κ3) is 5.23. The number of hydrogen-bond acceptors (Lipinski definition) is 5. The van der Waals surface area contributed by atoms with Gasteiger partial charge in [0.1, 0.15) is 16.6 Å². The van der Waals surface area contributed by atoms with Crippen LogP contribution in [0.25, 0.3) is 0 Å². The molecule has 1 aliphatic rings. The lowest BCUT2D eigenvalue weighted by molar-refractivity contribution is -0.122. The van der Waals surface area contributed by atoms with Crippen LogP contribution in [0.2, 0.25) is 4.34 Å². The number of carbonyl (C=O) groups is 1. The number of benzene rings is 2. The molecule has 2 aromatic carbocycles. The molecule has 168 valence electrons. The lowest BCUT2D eigenvalue weighted by Crippen LogP contribution is -2.40. The van der Waals surface area contributed by atoms with Gasteiger partial charge in [-0.2, -0.15) is 4.31 Å². The summed E-state index contributed by atoms with van der Waals surface area (Å²) in [4.78, 5) is 13.0. The summed E-state index contributed by atoms with van der Waals surface area (Å²) in [5.74, 6) is 0.742. The molecular weight excluding hydrogens is 466 g/mol. The van der Waals surface area contributed by atoms with Crippen molar-refractivity contribution in [3.8, 4) is 5.75 Å². The van der Waals surface area contributed by atoms with E-state index in [1.165, 1.54) is 10.4 Å². The van der Waals surface area contributed by atoms with Crippen molar-refractivity contribution < 1.29 is 17.9 Å². The Morgan fingerprint density at radius 3 is 2.47 bits per heavy atom. The Hall–Kier alpha value is -2.19. The highest BCUT2D eigenvalue weighted by Gasteiger charge is 2.39. The molecule has 4 rings (SSSR count). The smallest absolute Gasteiger partial charge is 0.253 e. The summed E-state index contributed by atoms with van der Waals surface area (Å²) in [5.41, 5.74) is 2.06. The van der Waals surface area contributed by atoms with E-state index in [0.717, 1.165) is 28.2 Å². The predicted molar refractivity (Wildman–Crippen MR) is 127 cm³/mol. The minimum Gasteiger partial charge on any atom is -0.489 e. The average molecular weight is 490 g/mol. The van der Waals surface area contributed by atoms with Crippen LogP contribution in [0.15, 0.2) is 70.9 Å². The molecule has 0 bridgehead atoms. The van der Waals surface area contributed by atoms with Crippen molar-refractivity contribution in [2.24, 2.45) is 0 Å². The first-order valence-corrected chi connectivity index (χ1v) is 13.1. The van der Waals surface area contributed by atoms with Gasteiger partial charge in [-0.1, -0.05) is 54.1 Å². The van der Waals surface area contributed by atoms with Crippen LogP contribution in [0.3, 0.4) is 0 Å². The van der Waals surface area contributed by atoms with E-state index in [9.17, 15) is 13.2 Å². The van der Waals surface area contributed by atoms with Crippen molar-refractivity contribution in [2.45, 2.75) is 42.5 Å². The van der Waals surface area contributed by atoms with Gasteiger partial charge in [0.15, 0.2) is 5.78 Å². The van der Waals surface area contributed by atoms with Crippen molar-refractivity contribution in [3.05, 3.63) is 82.2 Å². The molecule has 0 aliphatic carbocycles. The summed E-state index contributed by atoms with van der Waals surface area (Å²) in [5, 5.41) is 0. The van der Waals surface area contributed by atoms with E-state index in [-0.39, 0.29) is 16.4 Å². The second kappa shape index (κ2) is 10.2. The number of sulfonamides is 1. The molecular formula is C24H24ClNO4S2. The summed E-state index contributed by atoms with van der Waals surface area (Å²) in [6, 6.07) is 19.9. The molecule has 0 N–H and O–H groups in total. The number of halogens is 1. The number of thiophene rings is 1. The molecule has 0 saturated carbocycles. The molecule has 0 unspecified atom stereocenters. The Kier molecular flexibility index (Phi) is 7.30. The zero-order valence-corrected chi connectivity index (χ0v) is 19.8. The molecule has 1 atom stereocenters. The number of ether oxygens (including phenoxy) is 1. The third-order valence-electron chi connectivity index (χ3n) is 5.58. The predicted octanol–water partition coefficient (Wildman–Crippen LogP) is 5.34. The minimum absolute atomic E-state index is 0.0486. The molecule has 32 heavy (non-hydrogen) atoms. The van der Waals surface area contributed by atoms with Gasteiger partial charge in [-0.3, -0.25) is 4.79 Å². The monoisotopic (exact) mass is 489 g/mol. The first-order valence-electron chi connectivity index (χ1n) is 10.5. The maximum absolute atomic E-state index is 13.0. The number of nitrogens with zero attached hydrogens (tertiary/aromatic N) is 1. The maximum Gasteiger partial charge on any atom is 0.253 e. The fourth-order valence-electron chi connectivity index (χ4n) is 3.95. The van der Waals surface area contributed by atoms with Crippen molar-refractivity contribution >= 4 is 38.7 Å². The van der Waals surface area contributed by atoms with Crippen LogP contribution in [0.1, 0.15) is 30.4 Å². The fourth-order valence-corrected chi connectivity index (χ4v) is 7.24. The van der Waals surface area contributed by atoms with Crippen molar-refractivity contribution in [1.82, 2.24) is 4.31 Å². The molecule has 1 fully saturated rings. The molecule has 1 saturated heterocycles. The standard InChI is InChI=1S/C24H24ClNO4S2/c25-23-14-15-24(31-23)32(28,29)26-16-6-11-21(26)22(27)13-12-18-7-4-5-8-19(18)17-30-20-9-2-1-3-10-20/h1-5,7-10,14-15,21H,6,11-13,16-17H2/t21-/m0/s1. The van der Waals surface area contributed by atoms with Crippen LogP contribution in [0.5, 0.6) is 5.75 Å². The van der Waals surface area contributed by atoms with E-state index in [1.54, 1.807) is 6.07 Å². The number of rotatable bonds is 9. The Morgan fingerprint density at radius 2 is 1.75 bits per heavy atom. The SMILES string of the molecule is O=C(CCc1ccccc1COc1ccccc1)[C@@H]1CCCN1S(=O)(=O)c1ccc(Cl)s1. The van der Waals surface area contributed by atoms with Crippen LogP contribution in [-0.4, -0.2) is 31.1 Å². The Balaban J connectivity index is 1.41. The van der Waals surface area contributed by atoms with E-state index in [1.807, 2.05) is 54.6 Å². The molecule has 0 spiro atoms. The van der Waals surface area contributed by atoms with Gasteiger partial charge in [-0.25, -0.2) is 8.42 Å². The number of para-hydroxylation sites is 1. The Bertz CT molecular complexity index is 1180. The highest BCUT2D eigenvalue weighted by Crippen LogP contribution is 2.33. The molecule has 0 amide bonds. The number of Topliss-reactive ketones (excluding diaryl/α,β-unsaturated/α-hetero) is 1. The summed E-state index contributed by atoms with van der Waals surface area (Å²) in [7, 11) is -3.72. The van der Waals surface area contributed by atoms with Gasteiger partial charge in [0, 0.05) is 13.0 Å². The van der Waals surface area contributed by atoms with Crippen molar-refractivity contribution in [3.63, 3.8) is 0 Å². The topological polar surface area (TPSA) is 63.7 Å². The average Bonchev–Trinajstić information content (AvgIpc) is 3.47. The van der Waals surface area contributed by atoms with Gasteiger partial charge < -0.3 is 4.74 Å². The van der Waals surface area contributed by atoms with E-state index >= 15 is 0 Å². The normalized spacial score (nSPS) is 16.8. The summed E-state index contributed by atoms with van der Waals surface area (Å²) >= 11 is 6.95. The largest absolute Gasteiger partial charge is 0.489 e. The highest BCUT2D eigenvalue weighted by atomic mass is 35.5. The second-order valence-electron chi connectivity index (χ2n) is 7.67. The van der Waals surface area contributed by atoms with Crippen LogP contribution in [-0.2, 0) is 27.8 Å². The number of aryl methyl sites for hydroxylation is 1. The van der Waals surface area contributed by atoms with Crippen LogP contribution in [0.4, 0.5) is 0 Å². The first kappa shape index (κ1) is 23.0. The minimum atomic E-state index is -3.72. The van der Waals surface area contributed by atoms with Gasteiger partial charge in [0.25, 0.3) is 10.0 Å². The molecule has 1 aromatic heterocycles. The summed E-state index contributed by atoms with van der Waals surface area (Å²) in [6.07, 6.45) is 2.05. The number of hydrogen-bond donors (Lipinski definition) is 0. The highest BCUT2D eigenvalue weighted by molar-refractivity contribution is 7.91. The van der Waals surface area contributed by atoms with Crippen LogP contribution < -0.4 is 4.74 Å². The van der Waals surface area contributed by atoms with Gasteiger partial charge >= 0.3 is 0 Å². The van der Waals surface area contributed by atoms with Gasteiger partial charge in [-0.05, 0) is 54.7 Å². The van der Waals surface area contributed by atoms with Gasteiger partial charge in [0.05, 0.1) is 10.4 Å². The van der Waals surface area contributed by atoms with Gasteiger partial charge in [-0.15, -0.1) is 11.3 Å². The number of ketones is 1.